The van der Waals surface area contributed by atoms with E-state index >= 15 is 0 Å². The van der Waals surface area contributed by atoms with E-state index in [1.165, 1.54) is 22.3 Å². The molecule has 0 N–H and O–H groups in total. The van der Waals surface area contributed by atoms with Crippen molar-refractivity contribution in [2.75, 3.05) is 0 Å². The van der Waals surface area contributed by atoms with Crippen molar-refractivity contribution in [1.82, 2.24) is 0 Å². The van der Waals surface area contributed by atoms with Gasteiger partial charge < -0.3 is 0 Å². The van der Waals surface area contributed by atoms with Crippen molar-refractivity contribution in [1.29, 1.82) is 0 Å². The van der Waals surface area contributed by atoms with Crippen LogP contribution in [0.5, 0.6) is 0 Å². The number of hydrogen-bond acceptors (Lipinski definition) is 1. The fourth-order valence-electron chi connectivity index (χ4n) is 2.56. The Labute approximate surface area is 119 Å². The van der Waals surface area contributed by atoms with Gasteiger partial charge in [-0.15, -0.1) is 12.6 Å². The van der Waals surface area contributed by atoms with Gasteiger partial charge in [-0.1, -0.05) is 60.7 Å². The summed E-state index contributed by atoms with van der Waals surface area (Å²) in [4.78, 5) is 1.04. The Kier molecular flexibility index (Phi) is 3.56. The summed E-state index contributed by atoms with van der Waals surface area (Å²) in [6.45, 7) is 0. The third-order valence-electron chi connectivity index (χ3n) is 3.49. The molecule has 94 valence electrons. The first kappa shape index (κ1) is 12.3. The Bertz CT molecular complexity index is 636. The highest BCUT2D eigenvalue weighted by molar-refractivity contribution is 7.80. The van der Waals surface area contributed by atoms with Crippen LogP contribution in [0, 0.1) is 0 Å². The van der Waals surface area contributed by atoms with Crippen molar-refractivity contribution < 1.29 is 0 Å². The van der Waals surface area contributed by atoms with Crippen LogP contribution >= 0.6 is 12.6 Å². The second kappa shape index (κ2) is 5.50. The van der Waals surface area contributed by atoms with Crippen LogP contribution in [-0.2, 0) is 0 Å². The first-order chi connectivity index (χ1) is 9.36. The lowest BCUT2D eigenvalue weighted by Gasteiger charge is -2.18. The average molecular weight is 264 g/mol. The molecule has 0 spiro atoms. The quantitative estimate of drug-likeness (QED) is 0.705. The molecule has 0 radical (unpaired) electrons. The molecule has 2 aromatic rings. The molecular weight excluding hydrogens is 248 g/mol. The molecule has 0 amide bonds. The summed E-state index contributed by atoms with van der Waals surface area (Å²) in [5.41, 5.74) is 5.27. The Hall–Kier alpha value is -1.73. The Balaban J connectivity index is 2.18. The van der Waals surface area contributed by atoms with Crippen molar-refractivity contribution in [2.45, 2.75) is 17.7 Å². The highest BCUT2D eigenvalue weighted by Crippen LogP contribution is 2.36. The van der Waals surface area contributed by atoms with Crippen LogP contribution in [0.2, 0.25) is 0 Å². The van der Waals surface area contributed by atoms with E-state index in [-0.39, 0.29) is 0 Å². The van der Waals surface area contributed by atoms with Crippen LogP contribution in [-0.4, -0.2) is 0 Å². The van der Waals surface area contributed by atoms with E-state index in [0.717, 1.165) is 17.7 Å². The minimum absolute atomic E-state index is 1.04. The number of rotatable bonds is 2. The zero-order valence-electron chi connectivity index (χ0n) is 10.7. The predicted molar refractivity (Wildman–Crippen MR) is 85.3 cm³/mol. The lowest BCUT2D eigenvalue weighted by atomic mass is 9.88. The summed E-state index contributed by atoms with van der Waals surface area (Å²) >= 11 is 4.59. The average Bonchev–Trinajstić information content (AvgIpc) is 2.49. The number of allylic oxidation sites excluding steroid dienone is 4. The van der Waals surface area contributed by atoms with Crippen LogP contribution in [0.1, 0.15) is 24.0 Å². The van der Waals surface area contributed by atoms with Crippen molar-refractivity contribution in [3.05, 3.63) is 77.9 Å². The molecule has 0 saturated carbocycles. The van der Waals surface area contributed by atoms with Gasteiger partial charge in [0.15, 0.2) is 0 Å². The summed E-state index contributed by atoms with van der Waals surface area (Å²) in [6.07, 6.45) is 6.70. The van der Waals surface area contributed by atoms with E-state index in [2.05, 4.69) is 73.3 Å². The molecular formula is C18H16S. The molecule has 1 heteroatoms. The molecule has 1 aliphatic rings. The lowest BCUT2D eigenvalue weighted by molar-refractivity contribution is 1.06. The van der Waals surface area contributed by atoms with E-state index in [4.69, 9.17) is 0 Å². The summed E-state index contributed by atoms with van der Waals surface area (Å²) in [7, 11) is 0. The van der Waals surface area contributed by atoms with Gasteiger partial charge in [-0.2, -0.15) is 0 Å². The van der Waals surface area contributed by atoms with Gasteiger partial charge in [0, 0.05) is 4.90 Å². The Morgan fingerprint density at radius 2 is 1.58 bits per heavy atom. The van der Waals surface area contributed by atoms with E-state index in [1.807, 2.05) is 6.07 Å². The van der Waals surface area contributed by atoms with Crippen molar-refractivity contribution in [3.8, 4) is 0 Å². The maximum atomic E-state index is 4.59. The highest BCUT2D eigenvalue weighted by atomic mass is 32.1. The van der Waals surface area contributed by atoms with Crippen LogP contribution < -0.4 is 0 Å². The fraction of sp³-hybridized carbons (Fsp3) is 0.111. The van der Waals surface area contributed by atoms with Crippen LogP contribution in [0.25, 0.3) is 11.1 Å². The summed E-state index contributed by atoms with van der Waals surface area (Å²) in [6, 6.07) is 19.0. The van der Waals surface area contributed by atoms with E-state index in [9.17, 15) is 0 Å². The monoisotopic (exact) mass is 264 g/mol. The minimum atomic E-state index is 1.04. The first-order valence-corrected chi connectivity index (χ1v) is 7.04. The molecule has 19 heavy (non-hydrogen) atoms. The fourth-order valence-corrected chi connectivity index (χ4v) is 2.84. The van der Waals surface area contributed by atoms with E-state index < -0.39 is 0 Å². The maximum Gasteiger partial charge on any atom is 0.0119 e. The van der Waals surface area contributed by atoms with Gasteiger partial charge in [-0.25, -0.2) is 0 Å². The summed E-state index contributed by atoms with van der Waals surface area (Å²) < 4.78 is 0. The van der Waals surface area contributed by atoms with Gasteiger partial charge in [0.25, 0.3) is 0 Å². The number of benzene rings is 2. The second-order valence-electron chi connectivity index (χ2n) is 4.72. The van der Waals surface area contributed by atoms with E-state index in [0.29, 0.717) is 0 Å². The summed E-state index contributed by atoms with van der Waals surface area (Å²) in [5.74, 6) is 0. The molecule has 1 aliphatic carbocycles. The van der Waals surface area contributed by atoms with Crippen molar-refractivity contribution in [2.24, 2.45) is 0 Å². The van der Waals surface area contributed by atoms with Crippen LogP contribution in [0.4, 0.5) is 0 Å². The SMILES string of the molecule is Sc1ccccc1C1=C(c2ccccc2)CCC=C1. The molecule has 0 atom stereocenters. The van der Waals surface area contributed by atoms with Gasteiger partial charge in [-0.3, -0.25) is 0 Å². The second-order valence-corrected chi connectivity index (χ2v) is 5.20. The lowest BCUT2D eigenvalue weighted by Crippen LogP contribution is -1.95. The molecule has 0 nitrogen and oxygen atoms in total. The van der Waals surface area contributed by atoms with Crippen LogP contribution in [0.15, 0.2) is 71.6 Å². The van der Waals surface area contributed by atoms with E-state index in [1.54, 1.807) is 0 Å². The normalized spacial score (nSPS) is 14.8. The van der Waals surface area contributed by atoms with Gasteiger partial charge in [0.2, 0.25) is 0 Å². The van der Waals surface area contributed by atoms with Gasteiger partial charge in [0.1, 0.15) is 0 Å². The van der Waals surface area contributed by atoms with Gasteiger partial charge in [-0.05, 0) is 41.2 Å². The first-order valence-electron chi connectivity index (χ1n) is 6.60. The smallest absolute Gasteiger partial charge is 0.0119 e. The van der Waals surface area contributed by atoms with Gasteiger partial charge >= 0.3 is 0 Å². The molecule has 0 heterocycles. The molecule has 0 unspecified atom stereocenters. The van der Waals surface area contributed by atoms with Crippen LogP contribution in [0.3, 0.4) is 0 Å². The molecule has 2 aromatic carbocycles. The number of thiol groups is 1. The standard InChI is InChI=1S/C18H16S/c19-18-13-7-6-12-17(18)16-11-5-4-10-15(16)14-8-2-1-3-9-14/h1-3,5-9,11-13,19H,4,10H2. The topological polar surface area (TPSA) is 0 Å². The van der Waals surface area contributed by atoms with Gasteiger partial charge in [0.05, 0.1) is 0 Å². The third-order valence-corrected chi connectivity index (χ3v) is 3.88. The highest BCUT2D eigenvalue weighted by Gasteiger charge is 2.13. The molecule has 0 fully saturated rings. The molecule has 0 bridgehead atoms. The largest absolute Gasteiger partial charge is 0.143 e. The zero-order chi connectivity index (χ0) is 13.1. The predicted octanol–water partition coefficient (Wildman–Crippen LogP) is 5.24. The maximum absolute atomic E-state index is 4.59. The molecule has 0 aliphatic heterocycles. The molecule has 0 aromatic heterocycles. The zero-order valence-corrected chi connectivity index (χ0v) is 11.6. The molecule has 0 saturated heterocycles. The third kappa shape index (κ3) is 2.52. The Morgan fingerprint density at radius 1 is 0.842 bits per heavy atom. The molecule has 3 rings (SSSR count). The number of hydrogen-bond donors (Lipinski definition) is 1. The summed E-state index contributed by atoms with van der Waals surface area (Å²) in [5, 5.41) is 0. The minimum Gasteiger partial charge on any atom is -0.143 e. The van der Waals surface area contributed by atoms with Crippen molar-refractivity contribution in [3.63, 3.8) is 0 Å². The Morgan fingerprint density at radius 3 is 2.37 bits per heavy atom. The van der Waals surface area contributed by atoms with Crippen molar-refractivity contribution >= 4 is 23.8 Å².